The Labute approximate surface area is 119 Å². The first-order valence-corrected chi connectivity index (χ1v) is 7.05. The minimum atomic E-state index is -0.264. The number of hydrogen-bond donors (Lipinski definition) is 1. The highest BCUT2D eigenvalue weighted by Crippen LogP contribution is 2.23. The number of nitrogens with one attached hydrogen (secondary N) is 1. The Morgan fingerprint density at radius 1 is 1.55 bits per heavy atom. The third kappa shape index (κ3) is 3.13. The first kappa shape index (κ1) is 14.9. The van der Waals surface area contributed by atoms with E-state index in [1.54, 1.807) is 12.4 Å². The monoisotopic (exact) mass is 278 g/mol. The molecule has 20 heavy (non-hydrogen) atoms. The van der Waals surface area contributed by atoms with Gasteiger partial charge < -0.3 is 10.1 Å². The van der Waals surface area contributed by atoms with Crippen LogP contribution in [0.1, 0.15) is 31.3 Å². The number of carbonyl (C=O) groups excluding carboxylic acids is 1. The van der Waals surface area contributed by atoms with Crippen LogP contribution in [0.25, 0.3) is 0 Å². The van der Waals surface area contributed by atoms with Crippen molar-refractivity contribution in [1.82, 2.24) is 20.2 Å². The molecule has 0 radical (unpaired) electrons. The zero-order valence-electron chi connectivity index (χ0n) is 12.3. The summed E-state index contributed by atoms with van der Waals surface area (Å²) in [4.78, 5) is 22.9. The van der Waals surface area contributed by atoms with Gasteiger partial charge in [-0.05, 0) is 20.8 Å². The van der Waals surface area contributed by atoms with Gasteiger partial charge in [-0.25, -0.2) is 0 Å². The van der Waals surface area contributed by atoms with Crippen LogP contribution in [0, 0.1) is 6.92 Å². The standard InChI is InChI=1S/C14H22N4O2/c1-4-20-14(19)12-9-15-7-8-18(12)11(3)13-10(2)16-5-6-17-13/h5-6,11-12,15H,4,7-9H2,1-3H3. The maximum absolute atomic E-state index is 12.1. The van der Waals surface area contributed by atoms with Gasteiger partial charge >= 0.3 is 5.97 Å². The Morgan fingerprint density at radius 3 is 3.00 bits per heavy atom. The van der Waals surface area contributed by atoms with E-state index in [4.69, 9.17) is 4.74 Å². The second-order valence-corrected chi connectivity index (χ2v) is 4.91. The third-order valence-electron chi connectivity index (χ3n) is 3.66. The molecule has 0 aromatic carbocycles. The fourth-order valence-corrected chi connectivity index (χ4v) is 2.63. The Kier molecular flexibility index (Phi) is 5.03. The van der Waals surface area contributed by atoms with E-state index in [-0.39, 0.29) is 18.1 Å². The molecular weight excluding hydrogens is 256 g/mol. The molecule has 1 N–H and O–H groups in total. The van der Waals surface area contributed by atoms with E-state index >= 15 is 0 Å². The molecule has 0 amide bonds. The lowest BCUT2D eigenvalue weighted by Gasteiger charge is -2.38. The van der Waals surface area contributed by atoms with Gasteiger partial charge in [0.25, 0.3) is 0 Å². The van der Waals surface area contributed by atoms with Crippen molar-refractivity contribution in [3.8, 4) is 0 Å². The van der Waals surface area contributed by atoms with E-state index < -0.39 is 0 Å². The maximum atomic E-state index is 12.1. The number of rotatable bonds is 4. The van der Waals surface area contributed by atoms with Crippen LogP contribution in [0.2, 0.25) is 0 Å². The van der Waals surface area contributed by atoms with E-state index in [9.17, 15) is 4.79 Å². The predicted molar refractivity (Wildman–Crippen MR) is 75.2 cm³/mol. The molecule has 1 aliphatic rings. The van der Waals surface area contributed by atoms with Crippen LogP contribution >= 0.6 is 0 Å². The summed E-state index contributed by atoms with van der Waals surface area (Å²) >= 11 is 0. The van der Waals surface area contributed by atoms with Gasteiger partial charge in [0.1, 0.15) is 6.04 Å². The zero-order chi connectivity index (χ0) is 14.5. The van der Waals surface area contributed by atoms with Crippen LogP contribution in [0.15, 0.2) is 12.4 Å². The van der Waals surface area contributed by atoms with Crippen LogP contribution in [0.4, 0.5) is 0 Å². The first-order chi connectivity index (χ1) is 9.65. The predicted octanol–water partition coefficient (Wildman–Crippen LogP) is 0.683. The number of aromatic nitrogens is 2. The van der Waals surface area contributed by atoms with Crippen molar-refractivity contribution in [3.63, 3.8) is 0 Å². The molecule has 1 aromatic heterocycles. The number of nitrogens with zero attached hydrogens (tertiary/aromatic N) is 3. The molecule has 6 nitrogen and oxygen atoms in total. The van der Waals surface area contributed by atoms with Crippen LogP contribution in [0.5, 0.6) is 0 Å². The molecule has 2 unspecified atom stereocenters. The smallest absolute Gasteiger partial charge is 0.324 e. The summed E-state index contributed by atoms with van der Waals surface area (Å²) in [5.74, 6) is -0.173. The fourth-order valence-electron chi connectivity index (χ4n) is 2.63. The second kappa shape index (κ2) is 6.76. The normalized spacial score (nSPS) is 21.4. The van der Waals surface area contributed by atoms with E-state index in [1.165, 1.54) is 0 Å². The van der Waals surface area contributed by atoms with Crippen molar-refractivity contribution in [3.05, 3.63) is 23.8 Å². The van der Waals surface area contributed by atoms with Crippen LogP contribution in [-0.4, -0.2) is 53.1 Å². The Hall–Kier alpha value is -1.53. The fraction of sp³-hybridized carbons (Fsp3) is 0.643. The molecule has 2 heterocycles. The number of ether oxygens (including phenoxy) is 1. The van der Waals surface area contributed by atoms with Gasteiger partial charge in [-0.2, -0.15) is 0 Å². The van der Waals surface area contributed by atoms with E-state index in [2.05, 4.69) is 27.1 Å². The summed E-state index contributed by atoms with van der Waals surface area (Å²) in [6.07, 6.45) is 3.38. The largest absolute Gasteiger partial charge is 0.465 e. The highest BCUT2D eigenvalue weighted by Gasteiger charge is 2.34. The molecule has 2 atom stereocenters. The molecule has 1 aromatic rings. The highest BCUT2D eigenvalue weighted by atomic mass is 16.5. The van der Waals surface area contributed by atoms with Crippen LogP contribution in [0.3, 0.4) is 0 Å². The lowest BCUT2D eigenvalue weighted by molar-refractivity contribution is -0.151. The van der Waals surface area contributed by atoms with Crippen molar-refractivity contribution >= 4 is 5.97 Å². The molecule has 2 rings (SSSR count). The summed E-state index contributed by atoms with van der Waals surface area (Å²) in [6, 6.07) is -0.222. The van der Waals surface area contributed by atoms with Crippen molar-refractivity contribution in [2.24, 2.45) is 0 Å². The average Bonchev–Trinajstić information content (AvgIpc) is 2.47. The average molecular weight is 278 g/mol. The maximum Gasteiger partial charge on any atom is 0.324 e. The summed E-state index contributed by atoms with van der Waals surface area (Å²) in [5, 5.41) is 3.25. The van der Waals surface area contributed by atoms with E-state index in [1.807, 2.05) is 13.8 Å². The molecular formula is C14H22N4O2. The Morgan fingerprint density at radius 2 is 2.30 bits per heavy atom. The van der Waals surface area contributed by atoms with Gasteiger partial charge in [0.2, 0.25) is 0 Å². The first-order valence-electron chi connectivity index (χ1n) is 7.05. The molecule has 110 valence electrons. The van der Waals surface area contributed by atoms with Gasteiger partial charge in [-0.3, -0.25) is 19.7 Å². The van der Waals surface area contributed by atoms with Crippen molar-refractivity contribution in [1.29, 1.82) is 0 Å². The number of aryl methyl sites for hydroxylation is 1. The molecule has 1 aliphatic heterocycles. The van der Waals surface area contributed by atoms with Gasteiger partial charge in [0, 0.05) is 32.0 Å². The highest BCUT2D eigenvalue weighted by molar-refractivity contribution is 5.76. The molecule has 1 saturated heterocycles. The lowest BCUT2D eigenvalue weighted by atomic mass is 10.1. The molecule has 0 aliphatic carbocycles. The number of hydrogen-bond acceptors (Lipinski definition) is 6. The molecule has 1 fully saturated rings. The Bertz CT molecular complexity index is 466. The van der Waals surface area contributed by atoms with Crippen molar-refractivity contribution in [2.75, 3.05) is 26.2 Å². The summed E-state index contributed by atoms with van der Waals surface area (Å²) in [6.45, 7) is 8.51. The summed E-state index contributed by atoms with van der Waals surface area (Å²) < 4.78 is 5.17. The van der Waals surface area contributed by atoms with Crippen LogP contribution in [-0.2, 0) is 9.53 Å². The number of piperazine rings is 1. The SMILES string of the molecule is CCOC(=O)C1CNCCN1C(C)c1nccnc1C. The summed E-state index contributed by atoms with van der Waals surface area (Å²) in [7, 11) is 0. The third-order valence-corrected chi connectivity index (χ3v) is 3.66. The number of esters is 1. The zero-order valence-corrected chi connectivity index (χ0v) is 12.3. The topological polar surface area (TPSA) is 67.3 Å². The minimum Gasteiger partial charge on any atom is -0.465 e. The lowest BCUT2D eigenvalue weighted by Crippen LogP contribution is -2.56. The Balaban J connectivity index is 2.19. The van der Waals surface area contributed by atoms with Crippen LogP contribution < -0.4 is 5.32 Å². The molecule has 0 spiro atoms. The number of carbonyl (C=O) groups is 1. The molecule has 0 bridgehead atoms. The quantitative estimate of drug-likeness (QED) is 0.817. The minimum absolute atomic E-state index is 0.0419. The van der Waals surface area contributed by atoms with E-state index in [0.717, 1.165) is 24.5 Å². The van der Waals surface area contributed by atoms with E-state index in [0.29, 0.717) is 13.2 Å². The van der Waals surface area contributed by atoms with Gasteiger partial charge in [-0.15, -0.1) is 0 Å². The van der Waals surface area contributed by atoms with Gasteiger partial charge in [-0.1, -0.05) is 0 Å². The second-order valence-electron chi connectivity index (χ2n) is 4.91. The van der Waals surface area contributed by atoms with Crippen molar-refractivity contribution < 1.29 is 9.53 Å². The molecule has 6 heteroatoms. The molecule has 0 saturated carbocycles. The van der Waals surface area contributed by atoms with Crippen molar-refractivity contribution in [2.45, 2.75) is 32.9 Å². The van der Waals surface area contributed by atoms with Gasteiger partial charge in [0.05, 0.1) is 24.0 Å². The van der Waals surface area contributed by atoms with Gasteiger partial charge in [0.15, 0.2) is 0 Å². The summed E-state index contributed by atoms with van der Waals surface area (Å²) in [5.41, 5.74) is 1.82.